The highest BCUT2D eigenvalue weighted by Gasteiger charge is 2.53. The monoisotopic (exact) mass is 368 g/mol. The summed E-state index contributed by atoms with van der Waals surface area (Å²) in [6, 6.07) is 8.95. The zero-order valence-electron chi connectivity index (χ0n) is 16.3. The second-order valence-electron chi connectivity index (χ2n) is 7.58. The number of rotatable bonds is 5. The summed E-state index contributed by atoms with van der Waals surface area (Å²) in [5.41, 5.74) is 1.32. The Labute approximate surface area is 160 Å². The van der Waals surface area contributed by atoms with Crippen LogP contribution >= 0.6 is 0 Å². The largest absolute Gasteiger partial charge is 0.496 e. The molecule has 1 saturated carbocycles. The maximum absolute atomic E-state index is 5.57. The molecule has 2 heterocycles. The molecule has 0 saturated heterocycles. The number of aromatic nitrogens is 3. The minimum absolute atomic E-state index is 0.0639. The van der Waals surface area contributed by atoms with E-state index >= 15 is 0 Å². The number of guanidine groups is 1. The van der Waals surface area contributed by atoms with Crippen LogP contribution in [-0.2, 0) is 18.4 Å². The van der Waals surface area contributed by atoms with Crippen molar-refractivity contribution in [3.05, 3.63) is 42.0 Å². The average molecular weight is 368 g/mol. The molecule has 2 N–H and O–H groups in total. The lowest BCUT2D eigenvalue weighted by molar-refractivity contribution is 0.391. The molecule has 3 atom stereocenters. The summed E-state index contributed by atoms with van der Waals surface area (Å²) in [5.74, 6) is 2.91. The first-order valence-corrected chi connectivity index (χ1v) is 9.71. The van der Waals surface area contributed by atoms with Crippen molar-refractivity contribution in [1.29, 1.82) is 0 Å². The second-order valence-corrected chi connectivity index (χ2v) is 7.58. The van der Waals surface area contributed by atoms with E-state index < -0.39 is 0 Å². The molecule has 1 fully saturated rings. The first kappa shape index (κ1) is 17.8. The number of nitrogens with one attached hydrogen (secondary N) is 2. The van der Waals surface area contributed by atoms with Gasteiger partial charge in [0.05, 0.1) is 13.7 Å². The van der Waals surface area contributed by atoms with Crippen molar-refractivity contribution in [3.8, 4) is 5.75 Å². The quantitative estimate of drug-likeness (QED) is 0.623. The highest BCUT2D eigenvalue weighted by atomic mass is 16.5. The van der Waals surface area contributed by atoms with Crippen molar-refractivity contribution < 1.29 is 4.74 Å². The molecule has 0 bridgehead atoms. The molecule has 2 aliphatic rings. The zero-order chi connectivity index (χ0) is 18.9. The van der Waals surface area contributed by atoms with Crippen LogP contribution in [0.25, 0.3) is 0 Å². The van der Waals surface area contributed by atoms with Gasteiger partial charge in [-0.05, 0) is 25.8 Å². The van der Waals surface area contributed by atoms with E-state index in [9.17, 15) is 0 Å². The summed E-state index contributed by atoms with van der Waals surface area (Å²) in [7, 11) is 1.74. The third-order valence-electron chi connectivity index (χ3n) is 5.73. The van der Waals surface area contributed by atoms with Gasteiger partial charge in [0.1, 0.15) is 17.9 Å². The Morgan fingerprint density at radius 2 is 2.22 bits per heavy atom. The van der Waals surface area contributed by atoms with Crippen LogP contribution in [0.5, 0.6) is 5.75 Å². The van der Waals surface area contributed by atoms with Gasteiger partial charge in [0.2, 0.25) is 0 Å². The molecule has 1 aromatic heterocycles. The van der Waals surface area contributed by atoms with E-state index in [2.05, 4.69) is 51.7 Å². The number of ether oxygens (including phenoxy) is 1. The topological polar surface area (TPSA) is 76.4 Å². The number of aryl methyl sites for hydroxylation is 1. The third-order valence-corrected chi connectivity index (χ3v) is 5.73. The number of hydrogen-bond donors (Lipinski definition) is 2. The van der Waals surface area contributed by atoms with Gasteiger partial charge < -0.3 is 15.4 Å². The van der Waals surface area contributed by atoms with Crippen molar-refractivity contribution in [1.82, 2.24) is 25.4 Å². The molecule has 3 unspecified atom stereocenters. The molecule has 4 rings (SSSR count). The molecule has 144 valence electrons. The van der Waals surface area contributed by atoms with Crippen molar-refractivity contribution >= 4 is 5.96 Å². The summed E-state index contributed by atoms with van der Waals surface area (Å²) in [6.45, 7) is 5.92. The van der Waals surface area contributed by atoms with E-state index in [0.717, 1.165) is 49.9 Å². The lowest BCUT2D eigenvalue weighted by Gasteiger charge is -2.26. The van der Waals surface area contributed by atoms with E-state index in [-0.39, 0.29) is 5.41 Å². The number of fused-ring (bicyclic) bond motifs is 1. The Morgan fingerprint density at radius 1 is 1.37 bits per heavy atom. The van der Waals surface area contributed by atoms with E-state index in [1.54, 1.807) is 13.4 Å². The fourth-order valence-corrected chi connectivity index (χ4v) is 3.99. The molecule has 0 spiro atoms. The van der Waals surface area contributed by atoms with Crippen molar-refractivity contribution in [2.45, 2.75) is 57.2 Å². The molecule has 1 aliphatic carbocycles. The maximum atomic E-state index is 5.57. The Kier molecular flexibility index (Phi) is 4.76. The van der Waals surface area contributed by atoms with Crippen LogP contribution in [0, 0.1) is 0 Å². The van der Waals surface area contributed by atoms with E-state index in [4.69, 9.17) is 4.74 Å². The number of para-hydroxylation sites is 1. The van der Waals surface area contributed by atoms with Gasteiger partial charge in [0, 0.05) is 36.0 Å². The Hall–Kier alpha value is -2.57. The van der Waals surface area contributed by atoms with Crippen LogP contribution in [0.15, 0.2) is 35.6 Å². The predicted octanol–water partition coefficient (Wildman–Crippen LogP) is 1.89. The number of methoxy groups -OCH3 is 1. The summed E-state index contributed by atoms with van der Waals surface area (Å²) in [6.07, 6.45) is 4.69. The zero-order valence-corrected chi connectivity index (χ0v) is 16.3. The maximum Gasteiger partial charge on any atom is 0.191 e. The molecule has 7 heteroatoms. The number of aliphatic imine (C=N–C) groups is 1. The second kappa shape index (κ2) is 7.21. The van der Waals surface area contributed by atoms with Gasteiger partial charge >= 0.3 is 0 Å². The lowest BCUT2D eigenvalue weighted by Crippen LogP contribution is -2.48. The molecule has 2 aromatic rings. The highest BCUT2D eigenvalue weighted by molar-refractivity contribution is 5.81. The van der Waals surface area contributed by atoms with Crippen LogP contribution in [0.4, 0.5) is 0 Å². The highest BCUT2D eigenvalue weighted by Crippen LogP contribution is 2.50. The van der Waals surface area contributed by atoms with Gasteiger partial charge in [-0.2, -0.15) is 5.10 Å². The van der Waals surface area contributed by atoms with Crippen LogP contribution in [0.3, 0.4) is 0 Å². The fourth-order valence-electron chi connectivity index (χ4n) is 3.99. The minimum Gasteiger partial charge on any atom is -0.496 e. The van der Waals surface area contributed by atoms with Gasteiger partial charge in [-0.3, -0.25) is 4.99 Å². The van der Waals surface area contributed by atoms with E-state index in [1.165, 1.54) is 5.56 Å². The van der Waals surface area contributed by atoms with Crippen LogP contribution < -0.4 is 15.4 Å². The number of hydrogen-bond acceptors (Lipinski definition) is 4. The lowest BCUT2D eigenvalue weighted by atomic mass is 9.96. The molecule has 27 heavy (non-hydrogen) atoms. The molecule has 7 nitrogen and oxygen atoms in total. The Morgan fingerprint density at radius 3 is 3.04 bits per heavy atom. The van der Waals surface area contributed by atoms with E-state index in [0.29, 0.717) is 12.1 Å². The molecule has 1 aliphatic heterocycles. The molecular weight excluding hydrogens is 340 g/mol. The van der Waals surface area contributed by atoms with Gasteiger partial charge in [-0.1, -0.05) is 25.1 Å². The van der Waals surface area contributed by atoms with E-state index in [1.807, 2.05) is 16.8 Å². The Balaban J connectivity index is 1.42. The SMILES string of the molecule is CCN=C(NC1CCc2ncnn2C1)NC1CC1(C)c1ccccc1OC. The predicted molar refractivity (Wildman–Crippen MR) is 105 cm³/mol. The van der Waals surface area contributed by atoms with Crippen LogP contribution in [-0.4, -0.2) is 46.5 Å². The molecular formula is C20H28N6O. The van der Waals surface area contributed by atoms with Gasteiger partial charge in [0.25, 0.3) is 0 Å². The standard InChI is InChI=1S/C20H28N6O/c1-4-21-19(24-14-9-10-18-22-13-23-26(18)12-14)25-17-11-20(17,2)15-7-5-6-8-16(15)27-3/h5-8,13-14,17H,4,9-12H2,1-3H3,(H2,21,24,25). The number of benzene rings is 1. The molecule has 1 aromatic carbocycles. The van der Waals surface area contributed by atoms with Crippen LogP contribution in [0.2, 0.25) is 0 Å². The van der Waals surface area contributed by atoms with Gasteiger partial charge in [-0.15, -0.1) is 0 Å². The Bertz CT molecular complexity index is 831. The molecule has 0 radical (unpaired) electrons. The smallest absolute Gasteiger partial charge is 0.191 e. The minimum atomic E-state index is 0.0639. The van der Waals surface area contributed by atoms with Crippen LogP contribution in [0.1, 0.15) is 38.1 Å². The molecule has 0 amide bonds. The fraction of sp³-hybridized carbons (Fsp3) is 0.550. The number of nitrogens with zero attached hydrogens (tertiary/aromatic N) is 4. The summed E-state index contributed by atoms with van der Waals surface area (Å²) in [4.78, 5) is 8.96. The first-order valence-electron chi connectivity index (χ1n) is 9.71. The van der Waals surface area contributed by atoms with Crippen molar-refractivity contribution in [2.75, 3.05) is 13.7 Å². The van der Waals surface area contributed by atoms with Gasteiger partial charge in [-0.25, -0.2) is 9.67 Å². The van der Waals surface area contributed by atoms with Crippen molar-refractivity contribution in [3.63, 3.8) is 0 Å². The summed E-state index contributed by atoms with van der Waals surface area (Å²) < 4.78 is 7.56. The average Bonchev–Trinajstić information content (AvgIpc) is 3.11. The van der Waals surface area contributed by atoms with Gasteiger partial charge in [0.15, 0.2) is 5.96 Å². The van der Waals surface area contributed by atoms with Crippen molar-refractivity contribution in [2.24, 2.45) is 4.99 Å². The third kappa shape index (κ3) is 3.50. The first-order chi connectivity index (χ1) is 13.1. The summed E-state index contributed by atoms with van der Waals surface area (Å²) >= 11 is 0. The normalized spacial score (nSPS) is 27.0. The summed E-state index contributed by atoms with van der Waals surface area (Å²) in [5, 5.41) is 11.5.